The van der Waals surface area contributed by atoms with Crippen LogP contribution in [0.2, 0.25) is 0 Å². The molecule has 6 rings (SSSR count). The Balaban J connectivity index is 1.43. The van der Waals surface area contributed by atoms with Crippen molar-refractivity contribution in [3.05, 3.63) is 76.1 Å². The zero-order chi connectivity index (χ0) is 23.4. The number of aromatic nitrogens is 5. The minimum Gasteiger partial charge on any atom is -0.373 e. The van der Waals surface area contributed by atoms with Crippen molar-refractivity contribution in [2.45, 2.75) is 43.7 Å². The number of fused-ring (bicyclic) bond motifs is 1. The summed E-state index contributed by atoms with van der Waals surface area (Å²) in [6.07, 6.45) is 9.00. The Morgan fingerprint density at radius 3 is 2.71 bits per heavy atom. The molecule has 3 aromatic heterocycles. The first kappa shape index (κ1) is 21.1. The van der Waals surface area contributed by atoms with E-state index in [0.717, 1.165) is 30.9 Å². The van der Waals surface area contributed by atoms with Crippen LogP contribution in [0.15, 0.2) is 47.7 Å². The molecule has 0 N–H and O–H groups in total. The first-order chi connectivity index (χ1) is 16.5. The SMILES string of the molecule is Cn1ncc2c(-c3ccc(F)cc3F)nc(C3CCO[C@@H](c4cnn(C5CC5)c4)C3)cc2c1=O. The molecule has 2 fully saturated rings. The van der Waals surface area contributed by atoms with E-state index in [1.807, 2.05) is 10.9 Å². The molecular formula is C25H23F2N5O2. The Morgan fingerprint density at radius 1 is 1.06 bits per heavy atom. The van der Waals surface area contributed by atoms with Gasteiger partial charge in [0.25, 0.3) is 5.56 Å². The van der Waals surface area contributed by atoms with Gasteiger partial charge >= 0.3 is 0 Å². The van der Waals surface area contributed by atoms with E-state index in [0.29, 0.717) is 41.2 Å². The molecule has 0 radical (unpaired) electrons. The molecule has 1 aliphatic carbocycles. The summed E-state index contributed by atoms with van der Waals surface area (Å²) in [6, 6.07) is 5.65. The first-order valence-electron chi connectivity index (χ1n) is 11.5. The van der Waals surface area contributed by atoms with Crippen molar-refractivity contribution in [3.8, 4) is 11.3 Å². The summed E-state index contributed by atoms with van der Waals surface area (Å²) in [5.41, 5.74) is 1.86. The van der Waals surface area contributed by atoms with Crippen LogP contribution in [-0.2, 0) is 11.8 Å². The highest BCUT2D eigenvalue weighted by atomic mass is 19.1. The zero-order valence-electron chi connectivity index (χ0n) is 18.6. The van der Waals surface area contributed by atoms with E-state index in [9.17, 15) is 13.6 Å². The van der Waals surface area contributed by atoms with Crippen molar-refractivity contribution in [2.75, 3.05) is 6.61 Å². The third-order valence-corrected chi connectivity index (χ3v) is 6.77. The van der Waals surface area contributed by atoms with Crippen molar-refractivity contribution in [1.82, 2.24) is 24.5 Å². The summed E-state index contributed by atoms with van der Waals surface area (Å²) < 4.78 is 37.6. The molecule has 4 heterocycles. The van der Waals surface area contributed by atoms with Gasteiger partial charge < -0.3 is 4.74 Å². The smallest absolute Gasteiger partial charge is 0.274 e. The number of hydrogen-bond donors (Lipinski definition) is 0. The predicted molar refractivity (Wildman–Crippen MR) is 121 cm³/mol. The fourth-order valence-corrected chi connectivity index (χ4v) is 4.71. The number of hydrogen-bond acceptors (Lipinski definition) is 5. The van der Waals surface area contributed by atoms with Crippen LogP contribution in [0.5, 0.6) is 0 Å². The molecular weight excluding hydrogens is 440 g/mol. The van der Waals surface area contributed by atoms with Crippen LogP contribution in [0.3, 0.4) is 0 Å². The quantitative estimate of drug-likeness (QED) is 0.447. The van der Waals surface area contributed by atoms with Gasteiger partial charge in [0.2, 0.25) is 0 Å². The molecule has 2 aliphatic rings. The normalized spacial score (nSPS) is 20.7. The van der Waals surface area contributed by atoms with E-state index in [4.69, 9.17) is 9.72 Å². The van der Waals surface area contributed by atoms with Crippen molar-refractivity contribution in [3.63, 3.8) is 0 Å². The highest BCUT2D eigenvalue weighted by Gasteiger charge is 2.30. The van der Waals surface area contributed by atoms with E-state index in [-0.39, 0.29) is 23.1 Å². The molecule has 1 saturated heterocycles. The first-order valence-corrected chi connectivity index (χ1v) is 11.5. The van der Waals surface area contributed by atoms with Crippen molar-refractivity contribution in [2.24, 2.45) is 7.05 Å². The van der Waals surface area contributed by atoms with E-state index in [1.54, 1.807) is 13.1 Å². The molecule has 1 aliphatic heterocycles. The maximum Gasteiger partial charge on any atom is 0.274 e. The number of halogens is 2. The summed E-state index contributed by atoms with van der Waals surface area (Å²) in [4.78, 5) is 17.7. The molecule has 7 nitrogen and oxygen atoms in total. The lowest BCUT2D eigenvalue weighted by atomic mass is 9.89. The van der Waals surface area contributed by atoms with Gasteiger partial charge in [0.05, 0.1) is 35.6 Å². The van der Waals surface area contributed by atoms with Gasteiger partial charge in [0, 0.05) is 54.0 Å². The summed E-state index contributed by atoms with van der Waals surface area (Å²) in [6.45, 7) is 0.540. The van der Waals surface area contributed by atoms with Crippen molar-refractivity contribution < 1.29 is 13.5 Å². The van der Waals surface area contributed by atoms with Crippen LogP contribution in [-0.4, -0.2) is 31.2 Å². The second-order valence-electron chi connectivity index (χ2n) is 9.12. The minimum atomic E-state index is -0.732. The lowest BCUT2D eigenvalue weighted by Crippen LogP contribution is -2.22. The van der Waals surface area contributed by atoms with Crippen molar-refractivity contribution in [1.29, 1.82) is 0 Å². The van der Waals surface area contributed by atoms with Gasteiger partial charge in [-0.1, -0.05) is 0 Å². The van der Waals surface area contributed by atoms with Gasteiger partial charge in [-0.15, -0.1) is 0 Å². The highest BCUT2D eigenvalue weighted by Crippen LogP contribution is 2.40. The number of nitrogens with zero attached hydrogens (tertiary/aromatic N) is 5. The molecule has 1 aromatic carbocycles. The number of aryl methyl sites for hydroxylation is 1. The van der Waals surface area contributed by atoms with Crippen LogP contribution in [0.4, 0.5) is 8.78 Å². The summed E-state index contributed by atoms with van der Waals surface area (Å²) >= 11 is 0. The molecule has 9 heteroatoms. The maximum atomic E-state index is 14.8. The summed E-state index contributed by atoms with van der Waals surface area (Å²) in [5, 5.41) is 9.42. The standard InChI is InChI=1S/C25H23F2N5O2/c1-31-25(33)19-10-22(30-24(20(19)12-28-31)18-5-2-16(26)9-21(18)27)14-6-7-34-23(8-14)15-11-29-32(13-15)17-3-4-17/h2,5,9-14,17,23H,3-4,6-8H2,1H3/t14?,23-/m1/s1. The molecule has 0 spiro atoms. The van der Waals surface area contributed by atoms with E-state index < -0.39 is 11.6 Å². The lowest BCUT2D eigenvalue weighted by Gasteiger charge is -2.29. The Labute approximate surface area is 194 Å². The van der Waals surface area contributed by atoms with E-state index in [2.05, 4.69) is 16.4 Å². The van der Waals surface area contributed by atoms with Gasteiger partial charge in [-0.25, -0.2) is 13.5 Å². The van der Waals surface area contributed by atoms with Gasteiger partial charge in [-0.2, -0.15) is 10.2 Å². The summed E-state index contributed by atoms with van der Waals surface area (Å²) in [7, 11) is 1.57. The van der Waals surface area contributed by atoms with Gasteiger partial charge in [0.15, 0.2) is 0 Å². The number of ether oxygens (including phenoxy) is 1. The van der Waals surface area contributed by atoms with Crippen LogP contribution in [0.25, 0.3) is 22.0 Å². The monoisotopic (exact) mass is 463 g/mol. The Kier molecular flexibility index (Phi) is 5.02. The average molecular weight is 463 g/mol. The molecule has 0 amide bonds. The fraction of sp³-hybridized carbons (Fsp3) is 0.360. The van der Waals surface area contributed by atoms with Gasteiger partial charge in [-0.3, -0.25) is 14.5 Å². The number of pyridine rings is 1. The highest BCUT2D eigenvalue weighted by molar-refractivity contribution is 5.94. The van der Waals surface area contributed by atoms with Gasteiger partial charge in [0.1, 0.15) is 11.6 Å². The Bertz CT molecular complexity index is 1460. The molecule has 1 unspecified atom stereocenters. The number of rotatable bonds is 4. The maximum absolute atomic E-state index is 14.8. The largest absolute Gasteiger partial charge is 0.373 e. The fourth-order valence-electron chi connectivity index (χ4n) is 4.71. The molecule has 0 bridgehead atoms. The topological polar surface area (TPSA) is 74.8 Å². The molecule has 174 valence electrons. The van der Waals surface area contributed by atoms with Crippen LogP contribution >= 0.6 is 0 Å². The van der Waals surface area contributed by atoms with Crippen molar-refractivity contribution >= 4 is 10.8 Å². The third kappa shape index (κ3) is 3.69. The minimum absolute atomic E-state index is 0.00700. The second-order valence-corrected chi connectivity index (χ2v) is 9.12. The number of benzene rings is 1. The van der Waals surface area contributed by atoms with E-state index >= 15 is 0 Å². The van der Waals surface area contributed by atoms with Gasteiger partial charge in [-0.05, 0) is 43.9 Å². The third-order valence-electron chi connectivity index (χ3n) is 6.77. The molecule has 4 aromatic rings. The zero-order valence-corrected chi connectivity index (χ0v) is 18.6. The molecule has 34 heavy (non-hydrogen) atoms. The summed E-state index contributed by atoms with van der Waals surface area (Å²) in [5.74, 6) is -1.40. The molecule has 1 saturated carbocycles. The average Bonchev–Trinajstić information content (AvgIpc) is 3.57. The van der Waals surface area contributed by atoms with Crippen LogP contribution in [0.1, 0.15) is 55.0 Å². The van der Waals surface area contributed by atoms with Crippen LogP contribution in [0, 0.1) is 11.6 Å². The Hall–Kier alpha value is -3.46. The molecule has 2 atom stereocenters. The Morgan fingerprint density at radius 2 is 1.91 bits per heavy atom. The second kappa shape index (κ2) is 8.09. The van der Waals surface area contributed by atoms with Crippen LogP contribution < -0.4 is 5.56 Å². The lowest BCUT2D eigenvalue weighted by molar-refractivity contribution is 0.00463. The predicted octanol–water partition coefficient (Wildman–Crippen LogP) is 4.44. The van der Waals surface area contributed by atoms with E-state index in [1.165, 1.54) is 23.0 Å².